The van der Waals surface area contributed by atoms with Crippen molar-refractivity contribution in [3.8, 4) is 29.1 Å². The van der Waals surface area contributed by atoms with Gasteiger partial charge in [0.05, 0.1) is 102 Å². The highest BCUT2D eigenvalue weighted by molar-refractivity contribution is 5.98. The molecule has 3 atom stereocenters. The van der Waals surface area contributed by atoms with E-state index in [1.165, 1.54) is 16.9 Å². The van der Waals surface area contributed by atoms with Crippen LogP contribution in [0, 0.1) is 35.0 Å². The van der Waals surface area contributed by atoms with E-state index in [9.17, 15) is 4.79 Å². The molecule has 29 nitrogen and oxygen atoms in total. The van der Waals surface area contributed by atoms with E-state index >= 15 is 0 Å². The fourth-order valence-corrected chi connectivity index (χ4v) is 13.0. The Hall–Kier alpha value is -13.3. The summed E-state index contributed by atoms with van der Waals surface area (Å²) in [6.07, 6.45) is 30.1. The third kappa shape index (κ3) is 40.7. The van der Waals surface area contributed by atoms with E-state index in [-0.39, 0.29) is 19.4 Å². The first-order valence-corrected chi connectivity index (χ1v) is 47.6. The average molecular weight is 1870 g/mol. The molecule has 3 saturated heterocycles. The van der Waals surface area contributed by atoms with Gasteiger partial charge in [-0.25, -0.2) is 29.0 Å². The lowest BCUT2D eigenvalue weighted by Gasteiger charge is -2.41. The average Bonchev–Trinajstić information content (AvgIpc) is 1.76. The molecule has 5 aromatic carbocycles. The summed E-state index contributed by atoms with van der Waals surface area (Å²) in [5.41, 5.74) is 11.1. The van der Waals surface area contributed by atoms with Crippen LogP contribution in [0.25, 0.3) is 22.3 Å². The van der Waals surface area contributed by atoms with E-state index in [1.807, 2.05) is 182 Å². The zero-order valence-corrected chi connectivity index (χ0v) is 84.3. The zero-order chi connectivity index (χ0) is 98.5. The van der Waals surface area contributed by atoms with Gasteiger partial charge in [0.25, 0.3) is 0 Å². The fraction of sp³-hybridized carbons (Fsp3) is 0.444. The second-order valence-corrected chi connectivity index (χ2v) is 36.5. The van der Waals surface area contributed by atoms with Gasteiger partial charge in [-0.3, -0.25) is 34.1 Å². The number of aromatic nitrogens is 16. The quantitative estimate of drug-likeness (QED) is 0.144. The third-order valence-electron chi connectivity index (χ3n) is 19.3. The number of nitrogens with one attached hydrogen (secondary N) is 3. The van der Waals surface area contributed by atoms with Gasteiger partial charge >= 0.3 is 0 Å². The van der Waals surface area contributed by atoms with Crippen molar-refractivity contribution in [2.45, 2.75) is 208 Å². The van der Waals surface area contributed by atoms with Crippen LogP contribution < -0.4 is 49.6 Å². The number of hydrogen-bond donors (Lipinski definition) is 3. The Morgan fingerprint density at radius 2 is 0.934 bits per heavy atom. The SMILES string of the molecule is C.CC(C)C.CC(C)C.CC(C)C.CC(C)C.CC(C)c1cnccn1.CC(C)c1cnn2cccnc12.CC(C)c1ncccn1.CC(C)n1cc(C#N)cn1.CC(C)n1cccn1.O=C1CNCC2COc3ccccc3N12.c1ccc2c(c1)NCCO2.c1ccc2c(c1)OCC1CNCCN21.c1ccc2c(c1)OCC1COCCN21.c1ccc2nccnc2c1.c1cnc2ccnn2c1. The van der Waals surface area contributed by atoms with Crippen molar-refractivity contribution < 1.29 is 28.5 Å². The van der Waals surface area contributed by atoms with Gasteiger partial charge in [0.1, 0.15) is 61.3 Å². The molecule has 1 amide bonds. The number of hydrogen-bond acceptors (Lipinski definition) is 24. The first-order valence-electron chi connectivity index (χ1n) is 47.6. The second kappa shape index (κ2) is 62.4. The first kappa shape index (κ1) is 112. The van der Waals surface area contributed by atoms with Crippen LogP contribution in [-0.4, -0.2) is 188 Å². The molecular formula is C108H153N23O6. The van der Waals surface area contributed by atoms with E-state index in [2.05, 4.69) is 249 Å². The topological polar surface area (TPSA) is 306 Å². The van der Waals surface area contributed by atoms with Crippen molar-refractivity contribution in [3.05, 3.63) is 280 Å². The molecule has 3 fully saturated rings. The maximum Gasteiger partial charge on any atom is 0.241 e. The summed E-state index contributed by atoms with van der Waals surface area (Å²) in [5, 5.41) is 34.3. The highest BCUT2D eigenvalue weighted by Gasteiger charge is 2.35. The Balaban J connectivity index is 0.000000229. The van der Waals surface area contributed by atoms with E-state index in [1.54, 1.807) is 94.3 Å². The minimum absolute atomic E-state index is 0. The number of amides is 1. The maximum absolute atomic E-state index is 11.8. The summed E-state index contributed by atoms with van der Waals surface area (Å²) in [6.45, 7) is 57.7. The molecule has 7 aliphatic rings. The molecule has 0 aliphatic carbocycles. The number of carbonyl (C=O) groups excluding carboxylic acids is 1. The third-order valence-corrected chi connectivity index (χ3v) is 19.3. The Bertz CT molecular complexity index is 5340. The Morgan fingerprint density at radius 1 is 0.409 bits per heavy atom. The molecule has 0 radical (unpaired) electrons. The van der Waals surface area contributed by atoms with Crippen LogP contribution in [0.5, 0.6) is 23.0 Å². The van der Waals surface area contributed by atoms with Gasteiger partial charge in [-0.15, -0.1) is 0 Å². The minimum Gasteiger partial charge on any atom is -0.490 e. The van der Waals surface area contributed by atoms with Gasteiger partial charge in [-0.1, -0.05) is 193 Å². The number of fused-ring (bicyclic) bond motifs is 13. The van der Waals surface area contributed by atoms with Gasteiger partial charge in [-0.05, 0) is 148 Å². The molecular weight excluding hydrogens is 1720 g/mol. The van der Waals surface area contributed by atoms with Gasteiger partial charge < -0.3 is 54.3 Å². The van der Waals surface area contributed by atoms with Crippen LogP contribution in [0.2, 0.25) is 0 Å². The van der Waals surface area contributed by atoms with Gasteiger partial charge in [0.15, 0.2) is 11.3 Å². The van der Waals surface area contributed by atoms with Crippen LogP contribution in [0.3, 0.4) is 0 Å². The molecule has 0 bridgehead atoms. The highest BCUT2D eigenvalue weighted by atomic mass is 16.5. The van der Waals surface area contributed by atoms with Crippen LogP contribution in [0.1, 0.15) is 212 Å². The zero-order valence-electron chi connectivity index (χ0n) is 84.3. The van der Waals surface area contributed by atoms with E-state index in [4.69, 9.17) is 28.9 Å². The van der Waals surface area contributed by atoms with Crippen LogP contribution in [-0.2, 0) is 9.53 Å². The van der Waals surface area contributed by atoms with E-state index in [0.29, 0.717) is 60.6 Å². The standard InChI is InChI=1S/C11H12N2O2.C11H14N2O.C11H13NO2.C9H11N3.C8H6N2.C8H9NO.C7H9N3.2C7H10N2.C6H5N3.C6H10N2.4C4H10.CH4/c14-11-6-12-5-8-7-15-10-4-2-1-3-9(10)13(8)11;1-2-4-11-10(3-1)13-6-5-12-7-9(13)8-14-11;1-2-4-11-10(3-1)12-5-6-13-7-9(12)8-14-11;1-7(2)8-6-11-12-5-3-4-10-9(8)12;2*1-2-4-8-7(3-1)9-5-6-10-8;1-6(2)10-5-7(3-8)4-9-10;1-6(2)7-5-8-3-4-9-7;1-6(2)7-8-4-3-5-9-7;1-3-7-6-2-4-8-9(6)5-1;1-6(2)8-5-3-4-7-8;4*1-4(2)3;/h1-4,8,12H,5-7H2;1-4,9,12H,5-8H2;1-4,9H,5-8H2;3-7H,1-2H3;1-6H;1-4,9H,5-6H2;4-6H,1-2H3;2*3-6H,1-2H3;1-5H;3-6H,1-2H3;4*4H,1-3H3;1H4. The molecule has 29 heteroatoms. The summed E-state index contributed by atoms with van der Waals surface area (Å²) in [6, 6.07) is 53.2. The smallest absolute Gasteiger partial charge is 0.241 e. The molecule has 9 aromatic heterocycles. The number of carbonyl (C=O) groups is 1. The van der Waals surface area contributed by atoms with Crippen molar-refractivity contribution in [2.24, 2.45) is 23.7 Å². The summed E-state index contributed by atoms with van der Waals surface area (Å²) in [5.74, 6) is 9.59. The fourth-order valence-electron chi connectivity index (χ4n) is 13.0. The predicted molar refractivity (Wildman–Crippen MR) is 557 cm³/mol. The molecule has 21 rings (SSSR count). The molecule has 14 aromatic rings. The van der Waals surface area contributed by atoms with Crippen LogP contribution >= 0.6 is 0 Å². The number of nitrogens with zero attached hydrogens (tertiary/aromatic N) is 20. The maximum atomic E-state index is 11.8. The summed E-state index contributed by atoms with van der Waals surface area (Å²) in [4.78, 5) is 51.2. The van der Waals surface area contributed by atoms with Crippen molar-refractivity contribution in [2.75, 3.05) is 105 Å². The molecule has 3 N–H and O–H groups in total. The molecule has 3 unspecified atom stereocenters. The van der Waals surface area contributed by atoms with E-state index < -0.39 is 0 Å². The first-order chi connectivity index (χ1) is 65.5. The van der Waals surface area contributed by atoms with Gasteiger partial charge in [-0.2, -0.15) is 25.7 Å². The number of ether oxygens (including phenoxy) is 5. The number of para-hydroxylation sites is 10. The van der Waals surface area contributed by atoms with Gasteiger partial charge in [0.2, 0.25) is 5.91 Å². The number of morpholine rings is 1. The molecule has 736 valence electrons. The lowest BCUT2D eigenvalue weighted by Crippen LogP contribution is -2.58. The lowest BCUT2D eigenvalue weighted by atomic mass is 10.1. The number of rotatable bonds is 5. The monoisotopic (exact) mass is 1870 g/mol. The van der Waals surface area contributed by atoms with Crippen molar-refractivity contribution in [1.29, 1.82) is 5.26 Å². The number of benzene rings is 5. The number of anilines is 4. The number of piperazine rings is 2. The Morgan fingerprint density at radius 3 is 1.45 bits per heavy atom. The highest BCUT2D eigenvalue weighted by Crippen LogP contribution is 2.37. The molecule has 0 saturated carbocycles. The number of nitriles is 1. The normalized spacial score (nSPS) is 14.9. The summed E-state index contributed by atoms with van der Waals surface area (Å²) >= 11 is 0. The van der Waals surface area contributed by atoms with Crippen molar-refractivity contribution in [3.63, 3.8) is 0 Å². The molecule has 0 spiro atoms. The molecule has 16 heterocycles. The predicted octanol–water partition coefficient (Wildman–Crippen LogP) is 21.5. The van der Waals surface area contributed by atoms with E-state index in [0.717, 1.165) is 164 Å². The van der Waals surface area contributed by atoms with Crippen LogP contribution in [0.4, 0.5) is 22.7 Å². The Kier molecular flexibility index (Phi) is 51.2. The van der Waals surface area contributed by atoms with Gasteiger partial charge in [0, 0.05) is 156 Å². The lowest BCUT2D eigenvalue weighted by molar-refractivity contribution is -0.119. The van der Waals surface area contributed by atoms with Crippen molar-refractivity contribution >= 4 is 51.0 Å². The second-order valence-electron chi connectivity index (χ2n) is 36.5. The van der Waals surface area contributed by atoms with Crippen LogP contribution in [0.15, 0.2) is 257 Å². The minimum atomic E-state index is 0. The summed E-state index contributed by atoms with van der Waals surface area (Å²) in [7, 11) is 0. The molecule has 137 heavy (non-hydrogen) atoms. The largest absolute Gasteiger partial charge is 0.490 e. The summed E-state index contributed by atoms with van der Waals surface area (Å²) < 4.78 is 35.0. The van der Waals surface area contributed by atoms with Crippen molar-refractivity contribution in [1.82, 2.24) is 89.3 Å². The Labute approximate surface area is 815 Å². The molecule has 7 aliphatic heterocycles.